The monoisotopic (exact) mass is 305 g/mol. The molecule has 22 heavy (non-hydrogen) atoms. The second-order valence-corrected chi connectivity index (χ2v) is 6.28. The average Bonchev–Trinajstić information content (AvgIpc) is 2.39. The molecule has 0 heterocycles. The van der Waals surface area contributed by atoms with Gasteiger partial charge in [0.05, 0.1) is 5.54 Å². The van der Waals surface area contributed by atoms with Gasteiger partial charge < -0.3 is 16.4 Å². The topological polar surface area (TPSA) is 84.2 Å². The van der Waals surface area contributed by atoms with Crippen molar-refractivity contribution in [3.63, 3.8) is 0 Å². The molecule has 4 N–H and O–H groups in total. The second-order valence-electron chi connectivity index (χ2n) is 6.28. The maximum atomic E-state index is 12.2. The molecular weight excluding hydrogens is 278 g/mol. The molecule has 0 radical (unpaired) electrons. The number of anilines is 1. The van der Waals surface area contributed by atoms with Gasteiger partial charge in [0, 0.05) is 17.3 Å². The van der Waals surface area contributed by atoms with Gasteiger partial charge in [0.25, 0.3) is 5.91 Å². The fourth-order valence-electron chi connectivity index (χ4n) is 2.19. The molecule has 122 valence electrons. The first-order valence-corrected chi connectivity index (χ1v) is 7.69. The summed E-state index contributed by atoms with van der Waals surface area (Å²) in [6.07, 6.45) is 1.43. The Morgan fingerprint density at radius 2 is 1.95 bits per heavy atom. The highest BCUT2D eigenvalue weighted by atomic mass is 16.2. The zero-order valence-electron chi connectivity index (χ0n) is 14.1. The molecule has 0 saturated heterocycles. The van der Waals surface area contributed by atoms with Crippen LogP contribution in [0.3, 0.4) is 0 Å². The van der Waals surface area contributed by atoms with E-state index >= 15 is 0 Å². The zero-order valence-corrected chi connectivity index (χ0v) is 14.1. The van der Waals surface area contributed by atoms with Crippen LogP contribution < -0.4 is 16.4 Å². The van der Waals surface area contributed by atoms with E-state index in [-0.39, 0.29) is 17.9 Å². The predicted molar refractivity (Wildman–Crippen MR) is 89.9 cm³/mol. The van der Waals surface area contributed by atoms with Crippen molar-refractivity contribution in [3.8, 4) is 0 Å². The van der Waals surface area contributed by atoms with Gasteiger partial charge in [0.1, 0.15) is 0 Å². The van der Waals surface area contributed by atoms with Crippen LogP contribution in [0.1, 0.15) is 56.5 Å². The van der Waals surface area contributed by atoms with Gasteiger partial charge in [-0.25, -0.2) is 0 Å². The number of carbonyl (C=O) groups is 2. The van der Waals surface area contributed by atoms with Gasteiger partial charge in [-0.1, -0.05) is 19.4 Å². The first kappa shape index (κ1) is 18.2. The number of hydrogen-bond donors (Lipinski definition) is 3. The van der Waals surface area contributed by atoms with Crippen LogP contribution in [-0.2, 0) is 4.79 Å². The van der Waals surface area contributed by atoms with Crippen molar-refractivity contribution in [1.29, 1.82) is 0 Å². The summed E-state index contributed by atoms with van der Waals surface area (Å²) < 4.78 is 0. The van der Waals surface area contributed by atoms with Crippen LogP contribution in [0.5, 0.6) is 0 Å². The molecule has 0 aliphatic heterocycles. The molecule has 0 aliphatic rings. The Labute approximate surface area is 132 Å². The number of hydrogen-bond acceptors (Lipinski definition) is 3. The fourth-order valence-corrected chi connectivity index (χ4v) is 2.19. The smallest absolute Gasteiger partial charge is 0.251 e. The lowest BCUT2D eigenvalue weighted by Crippen LogP contribution is -2.48. The molecule has 1 aromatic carbocycles. The van der Waals surface area contributed by atoms with E-state index in [2.05, 4.69) is 10.6 Å². The Morgan fingerprint density at radius 1 is 1.32 bits per heavy atom. The molecule has 0 aromatic heterocycles. The van der Waals surface area contributed by atoms with Crippen LogP contribution in [0.4, 0.5) is 5.69 Å². The van der Waals surface area contributed by atoms with Gasteiger partial charge in [0.15, 0.2) is 0 Å². The van der Waals surface area contributed by atoms with Crippen LogP contribution in [0.2, 0.25) is 0 Å². The Kier molecular flexibility index (Phi) is 6.11. The highest BCUT2D eigenvalue weighted by Gasteiger charge is 2.27. The molecule has 1 unspecified atom stereocenters. The normalized spacial score (nSPS) is 13.6. The Balaban J connectivity index is 2.94. The Hall–Kier alpha value is -1.88. The molecule has 0 spiro atoms. The number of aryl methyl sites for hydroxylation is 1. The van der Waals surface area contributed by atoms with E-state index in [4.69, 9.17) is 5.73 Å². The number of nitrogens with two attached hydrogens (primary N) is 1. The zero-order chi connectivity index (χ0) is 16.9. The molecule has 1 atom stereocenters. The first-order chi connectivity index (χ1) is 10.2. The maximum Gasteiger partial charge on any atom is 0.251 e. The Bertz CT molecular complexity index is 551. The van der Waals surface area contributed by atoms with Crippen LogP contribution in [0.15, 0.2) is 18.2 Å². The van der Waals surface area contributed by atoms with E-state index in [1.165, 1.54) is 0 Å². The summed E-state index contributed by atoms with van der Waals surface area (Å²) in [5, 5.41) is 5.65. The first-order valence-electron chi connectivity index (χ1n) is 7.69. The minimum Gasteiger partial charge on any atom is -0.350 e. The summed E-state index contributed by atoms with van der Waals surface area (Å²) in [4.78, 5) is 24.4. The van der Waals surface area contributed by atoms with Gasteiger partial charge in [-0.05, 0) is 51.8 Å². The lowest BCUT2D eigenvalue weighted by atomic mass is 9.96. The molecular formula is C17H27N3O2. The molecule has 0 aliphatic carbocycles. The summed E-state index contributed by atoms with van der Waals surface area (Å²) in [6, 6.07) is 5.34. The molecule has 5 nitrogen and oxygen atoms in total. The van der Waals surface area contributed by atoms with E-state index in [1.807, 2.05) is 33.8 Å². The van der Waals surface area contributed by atoms with Crippen molar-refractivity contribution < 1.29 is 9.59 Å². The minimum absolute atomic E-state index is 0.0574. The highest BCUT2D eigenvalue weighted by molar-refractivity contribution is 6.00. The van der Waals surface area contributed by atoms with Gasteiger partial charge in [-0.3, -0.25) is 9.59 Å². The number of benzene rings is 1. The van der Waals surface area contributed by atoms with E-state index in [0.29, 0.717) is 17.7 Å². The lowest BCUT2D eigenvalue weighted by molar-refractivity contribution is -0.120. The molecule has 5 heteroatoms. The number of amides is 2. The third kappa shape index (κ3) is 4.84. The van der Waals surface area contributed by atoms with Crippen molar-refractivity contribution in [2.75, 3.05) is 5.32 Å². The summed E-state index contributed by atoms with van der Waals surface area (Å²) >= 11 is 0. The summed E-state index contributed by atoms with van der Waals surface area (Å²) in [5.74, 6) is -0.388. The number of nitrogens with one attached hydrogen (secondary N) is 2. The SMILES string of the molecule is CCCC(C)(N)C(=O)Nc1ccc(C)c(C(=O)NC(C)C)c1. The van der Waals surface area contributed by atoms with Crippen molar-refractivity contribution in [1.82, 2.24) is 5.32 Å². The molecule has 0 saturated carbocycles. The molecule has 0 fully saturated rings. The summed E-state index contributed by atoms with van der Waals surface area (Å²) in [5.41, 5.74) is 7.10. The molecule has 2 amide bonds. The van der Waals surface area contributed by atoms with Crippen LogP contribution in [0, 0.1) is 6.92 Å². The minimum atomic E-state index is -0.917. The van der Waals surface area contributed by atoms with Crippen LogP contribution in [-0.4, -0.2) is 23.4 Å². The quantitative estimate of drug-likeness (QED) is 0.755. The van der Waals surface area contributed by atoms with Crippen molar-refractivity contribution >= 4 is 17.5 Å². The summed E-state index contributed by atoms with van der Waals surface area (Å²) in [7, 11) is 0. The third-order valence-electron chi connectivity index (χ3n) is 3.45. The fraction of sp³-hybridized carbons (Fsp3) is 0.529. The number of carbonyl (C=O) groups excluding carboxylic acids is 2. The second kappa shape index (κ2) is 7.40. The highest BCUT2D eigenvalue weighted by Crippen LogP contribution is 2.18. The van der Waals surface area contributed by atoms with Crippen molar-refractivity contribution in [2.24, 2.45) is 5.73 Å². The largest absolute Gasteiger partial charge is 0.350 e. The van der Waals surface area contributed by atoms with E-state index < -0.39 is 5.54 Å². The summed E-state index contributed by atoms with van der Waals surface area (Å²) in [6.45, 7) is 9.38. The Morgan fingerprint density at radius 3 is 2.50 bits per heavy atom. The van der Waals surface area contributed by atoms with Crippen molar-refractivity contribution in [3.05, 3.63) is 29.3 Å². The van der Waals surface area contributed by atoms with E-state index in [1.54, 1.807) is 19.1 Å². The van der Waals surface area contributed by atoms with Gasteiger partial charge in [-0.15, -0.1) is 0 Å². The predicted octanol–water partition coefficient (Wildman–Crippen LogP) is 2.59. The standard InChI is InChI=1S/C17H27N3O2/c1-6-9-17(5,18)16(22)20-13-8-7-12(4)14(10-13)15(21)19-11(2)3/h7-8,10-11H,6,9,18H2,1-5H3,(H,19,21)(H,20,22). The van der Waals surface area contributed by atoms with Crippen LogP contribution in [0.25, 0.3) is 0 Å². The van der Waals surface area contributed by atoms with Crippen LogP contribution >= 0.6 is 0 Å². The van der Waals surface area contributed by atoms with Crippen molar-refractivity contribution in [2.45, 2.75) is 59.0 Å². The molecule has 0 bridgehead atoms. The lowest BCUT2D eigenvalue weighted by Gasteiger charge is -2.23. The van der Waals surface area contributed by atoms with E-state index in [0.717, 1.165) is 12.0 Å². The van der Waals surface area contributed by atoms with E-state index in [9.17, 15) is 9.59 Å². The number of rotatable bonds is 6. The maximum absolute atomic E-state index is 12.2. The van der Waals surface area contributed by atoms with Gasteiger partial charge in [0.2, 0.25) is 5.91 Å². The average molecular weight is 305 g/mol. The van der Waals surface area contributed by atoms with Gasteiger partial charge >= 0.3 is 0 Å². The molecule has 1 rings (SSSR count). The van der Waals surface area contributed by atoms with Gasteiger partial charge in [-0.2, -0.15) is 0 Å². The third-order valence-corrected chi connectivity index (χ3v) is 3.45. The molecule has 1 aromatic rings.